The monoisotopic (exact) mass is 470 g/mol. The molecule has 3 aromatic carbocycles. The molecule has 0 aromatic heterocycles. The summed E-state index contributed by atoms with van der Waals surface area (Å²) >= 11 is 0. The van der Waals surface area contributed by atoms with E-state index >= 15 is 0 Å². The minimum atomic E-state index is -0.0718. The second-order valence-corrected chi connectivity index (χ2v) is 8.88. The van der Waals surface area contributed by atoms with Crippen LogP contribution in [0.15, 0.2) is 85.5 Å². The molecule has 0 saturated carbocycles. The molecule has 0 saturated heterocycles. The van der Waals surface area contributed by atoms with Gasteiger partial charge in [0.25, 0.3) is 0 Å². The molecule has 0 fully saturated rings. The van der Waals surface area contributed by atoms with Crippen LogP contribution in [-0.4, -0.2) is 19.0 Å². The Hall–Kier alpha value is -3.33. The van der Waals surface area contributed by atoms with Crippen molar-refractivity contribution in [3.05, 3.63) is 96.6 Å². The predicted octanol–water partition coefficient (Wildman–Crippen LogP) is 8.47. The fourth-order valence-corrected chi connectivity index (χ4v) is 3.96. The second-order valence-electron chi connectivity index (χ2n) is 8.88. The molecule has 0 aliphatic carbocycles. The highest BCUT2D eigenvalue weighted by atomic mass is 16.5. The van der Waals surface area contributed by atoms with E-state index in [-0.39, 0.29) is 5.78 Å². The van der Waals surface area contributed by atoms with Crippen molar-refractivity contribution in [2.75, 3.05) is 13.2 Å². The van der Waals surface area contributed by atoms with Crippen molar-refractivity contribution < 1.29 is 14.3 Å². The van der Waals surface area contributed by atoms with Crippen LogP contribution in [-0.2, 0) is 6.42 Å². The van der Waals surface area contributed by atoms with Gasteiger partial charge in [0.15, 0.2) is 5.78 Å². The van der Waals surface area contributed by atoms with E-state index in [9.17, 15) is 4.79 Å². The van der Waals surface area contributed by atoms with Gasteiger partial charge in [-0.15, -0.1) is 0 Å². The molecule has 3 rings (SSSR count). The molecule has 0 atom stereocenters. The van der Waals surface area contributed by atoms with Crippen LogP contribution in [0.3, 0.4) is 0 Å². The van der Waals surface area contributed by atoms with Gasteiger partial charge in [0.2, 0.25) is 0 Å². The van der Waals surface area contributed by atoms with E-state index in [1.807, 2.05) is 12.1 Å². The normalized spacial score (nSPS) is 10.7. The maximum Gasteiger partial charge on any atom is 0.185 e. The number of benzene rings is 3. The first kappa shape index (κ1) is 26.3. The fourth-order valence-electron chi connectivity index (χ4n) is 3.96. The Morgan fingerprint density at radius 3 is 1.71 bits per heavy atom. The number of aryl methyl sites for hydroxylation is 1. The molecule has 3 heteroatoms. The van der Waals surface area contributed by atoms with Gasteiger partial charge in [-0.3, -0.25) is 4.79 Å². The number of hydrogen-bond donors (Lipinski definition) is 0. The number of rotatable bonds is 16. The van der Waals surface area contributed by atoms with Crippen molar-refractivity contribution >= 4 is 5.78 Å². The van der Waals surface area contributed by atoms with Crippen molar-refractivity contribution in [1.82, 2.24) is 0 Å². The summed E-state index contributed by atoms with van der Waals surface area (Å²) < 4.78 is 11.7. The van der Waals surface area contributed by atoms with E-state index in [1.165, 1.54) is 48.4 Å². The summed E-state index contributed by atoms with van der Waals surface area (Å²) in [5, 5.41) is 0. The maximum absolute atomic E-state index is 11.5. The van der Waals surface area contributed by atoms with Crippen LogP contribution in [0.5, 0.6) is 11.5 Å². The minimum Gasteiger partial charge on any atom is -0.494 e. The number of ether oxygens (including phenoxy) is 2. The van der Waals surface area contributed by atoms with Gasteiger partial charge in [-0.2, -0.15) is 0 Å². The highest BCUT2D eigenvalue weighted by Gasteiger charge is 2.02. The van der Waals surface area contributed by atoms with Gasteiger partial charge in [0, 0.05) is 5.56 Å². The van der Waals surface area contributed by atoms with Crippen molar-refractivity contribution in [3.8, 4) is 22.6 Å². The lowest BCUT2D eigenvalue weighted by molar-refractivity contribution is 0.104. The van der Waals surface area contributed by atoms with Gasteiger partial charge < -0.3 is 9.47 Å². The van der Waals surface area contributed by atoms with Gasteiger partial charge in [-0.05, 0) is 97.7 Å². The van der Waals surface area contributed by atoms with Crippen LogP contribution < -0.4 is 9.47 Å². The van der Waals surface area contributed by atoms with Gasteiger partial charge >= 0.3 is 0 Å². The van der Waals surface area contributed by atoms with Crippen LogP contribution in [0.1, 0.15) is 67.8 Å². The SMILES string of the molecule is C=CC(=O)c1ccc(OCCCCCCOc2ccc(-c3ccc(CCCCC)cc3)cc2)cc1. The van der Waals surface area contributed by atoms with Crippen LogP contribution in [0.2, 0.25) is 0 Å². The second kappa shape index (κ2) is 14.8. The number of carbonyl (C=O) groups excluding carboxylic acids is 1. The van der Waals surface area contributed by atoms with Crippen molar-refractivity contribution in [1.29, 1.82) is 0 Å². The molecule has 35 heavy (non-hydrogen) atoms. The van der Waals surface area contributed by atoms with Crippen molar-refractivity contribution in [3.63, 3.8) is 0 Å². The van der Waals surface area contributed by atoms with E-state index in [4.69, 9.17) is 9.47 Å². The van der Waals surface area contributed by atoms with Crippen LogP contribution >= 0.6 is 0 Å². The lowest BCUT2D eigenvalue weighted by Crippen LogP contribution is -2.00. The van der Waals surface area contributed by atoms with Crippen LogP contribution in [0, 0.1) is 0 Å². The molecule has 0 heterocycles. The molecule has 0 radical (unpaired) electrons. The minimum absolute atomic E-state index is 0.0718. The zero-order chi connectivity index (χ0) is 24.7. The van der Waals surface area contributed by atoms with Gasteiger partial charge in [-0.1, -0.05) is 62.7 Å². The van der Waals surface area contributed by atoms with Gasteiger partial charge in [0.05, 0.1) is 13.2 Å². The smallest absolute Gasteiger partial charge is 0.185 e. The molecule has 0 N–H and O–H groups in total. The van der Waals surface area contributed by atoms with E-state index in [1.54, 1.807) is 12.1 Å². The van der Waals surface area contributed by atoms with Crippen LogP contribution in [0.25, 0.3) is 11.1 Å². The topological polar surface area (TPSA) is 35.5 Å². The summed E-state index contributed by atoms with van der Waals surface area (Å²) in [6.07, 6.45) is 10.6. The van der Waals surface area contributed by atoms with Crippen LogP contribution in [0.4, 0.5) is 0 Å². The first-order valence-corrected chi connectivity index (χ1v) is 12.9. The fraction of sp³-hybridized carbons (Fsp3) is 0.344. The summed E-state index contributed by atoms with van der Waals surface area (Å²) in [5.74, 6) is 1.64. The molecule has 184 valence electrons. The van der Waals surface area contributed by atoms with Gasteiger partial charge in [-0.25, -0.2) is 0 Å². The molecule has 0 amide bonds. The summed E-state index contributed by atoms with van der Waals surface area (Å²) in [7, 11) is 0. The maximum atomic E-state index is 11.5. The molecular formula is C32H38O3. The Kier molecular flexibility index (Phi) is 11.1. The highest BCUT2D eigenvalue weighted by molar-refractivity contribution is 6.04. The Bertz CT molecular complexity index is 1020. The van der Waals surface area contributed by atoms with Gasteiger partial charge in [0.1, 0.15) is 11.5 Å². The Morgan fingerprint density at radius 2 is 1.20 bits per heavy atom. The van der Waals surface area contributed by atoms with E-state index < -0.39 is 0 Å². The van der Waals surface area contributed by atoms with E-state index in [2.05, 4.69) is 62.0 Å². The Balaban J connectivity index is 1.28. The average molecular weight is 471 g/mol. The average Bonchev–Trinajstić information content (AvgIpc) is 2.91. The Morgan fingerprint density at radius 1 is 0.686 bits per heavy atom. The molecule has 0 aliphatic heterocycles. The first-order chi connectivity index (χ1) is 17.2. The molecule has 3 nitrogen and oxygen atoms in total. The molecule has 0 aliphatic rings. The summed E-state index contributed by atoms with van der Waals surface area (Å²) in [4.78, 5) is 11.5. The molecular weight excluding hydrogens is 432 g/mol. The lowest BCUT2D eigenvalue weighted by Gasteiger charge is -2.09. The third-order valence-electron chi connectivity index (χ3n) is 6.11. The number of ketones is 1. The molecule has 3 aromatic rings. The summed E-state index contributed by atoms with van der Waals surface area (Å²) in [6.45, 7) is 7.15. The summed E-state index contributed by atoms with van der Waals surface area (Å²) in [5.41, 5.74) is 4.52. The largest absolute Gasteiger partial charge is 0.494 e. The molecule has 0 unspecified atom stereocenters. The quantitative estimate of drug-likeness (QED) is 0.120. The molecule has 0 bridgehead atoms. The lowest BCUT2D eigenvalue weighted by atomic mass is 10.0. The Labute approximate surface area is 210 Å². The first-order valence-electron chi connectivity index (χ1n) is 12.9. The molecule has 0 spiro atoms. The predicted molar refractivity (Wildman–Crippen MR) is 146 cm³/mol. The van der Waals surface area contributed by atoms with E-state index in [0.717, 1.165) is 43.8 Å². The zero-order valence-corrected chi connectivity index (χ0v) is 21.0. The number of hydrogen-bond acceptors (Lipinski definition) is 3. The number of carbonyl (C=O) groups is 1. The van der Waals surface area contributed by atoms with Crippen molar-refractivity contribution in [2.45, 2.75) is 58.3 Å². The summed E-state index contributed by atoms with van der Waals surface area (Å²) in [6, 6.07) is 24.6. The highest BCUT2D eigenvalue weighted by Crippen LogP contribution is 2.23. The number of allylic oxidation sites excluding steroid dienone is 1. The standard InChI is InChI=1S/C32H38O3/c1-3-5-8-11-26-12-14-27(15-13-26)28-16-20-30(21-17-28)34-24-9-6-7-10-25-35-31-22-18-29(19-23-31)32(33)4-2/h4,12-23H,2-3,5-11,24-25H2,1H3. The number of unbranched alkanes of at least 4 members (excludes halogenated alkanes) is 5. The third kappa shape index (κ3) is 9.09. The van der Waals surface area contributed by atoms with Crippen molar-refractivity contribution in [2.24, 2.45) is 0 Å². The zero-order valence-electron chi connectivity index (χ0n) is 21.0. The van der Waals surface area contributed by atoms with E-state index in [0.29, 0.717) is 12.2 Å². The third-order valence-corrected chi connectivity index (χ3v) is 6.11.